The molecular formula is C16H11F3N4O4S. The fourth-order valence-electron chi connectivity index (χ4n) is 2.31. The minimum Gasteiger partial charge on any atom is -0.258 e. The summed E-state index contributed by atoms with van der Waals surface area (Å²) in [6.07, 6.45) is -4.82. The van der Waals surface area contributed by atoms with Crippen LogP contribution in [0.5, 0.6) is 0 Å². The second-order valence-electron chi connectivity index (χ2n) is 5.54. The lowest BCUT2D eigenvalue weighted by Crippen LogP contribution is -2.25. The minimum atomic E-state index is -4.82. The summed E-state index contributed by atoms with van der Waals surface area (Å²) in [7, 11) is -4.22. The Morgan fingerprint density at radius 3 is 2.18 bits per heavy atom. The predicted molar refractivity (Wildman–Crippen MR) is 92.3 cm³/mol. The van der Waals surface area contributed by atoms with Crippen LogP contribution in [0.15, 0.2) is 65.6 Å². The number of rotatable bonds is 5. The van der Waals surface area contributed by atoms with Crippen molar-refractivity contribution in [1.82, 2.24) is 9.89 Å². The van der Waals surface area contributed by atoms with Crippen molar-refractivity contribution in [1.29, 1.82) is 0 Å². The third kappa shape index (κ3) is 3.96. The maximum absolute atomic E-state index is 13.1. The van der Waals surface area contributed by atoms with Gasteiger partial charge in [-0.05, 0) is 30.3 Å². The monoisotopic (exact) mass is 412 g/mol. The van der Waals surface area contributed by atoms with Gasteiger partial charge < -0.3 is 0 Å². The normalized spacial score (nSPS) is 12.0. The van der Waals surface area contributed by atoms with Crippen molar-refractivity contribution in [2.75, 3.05) is 4.83 Å². The molecule has 2 aromatic carbocycles. The third-order valence-electron chi connectivity index (χ3n) is 3.63. The smallest absolute Gasteiger partial charge is 0.258 e. The molecule has 3 aromatic rings. The number of halogens is 3. The number of nitro benzene ring substituents is 1. The van der Waals surface area contributed by atoms with E-state index in [9.17, 15) is 31.7 Å². The van der Waals surface area contributed by atoms with Gasteiger partial charge in [0.1, 0.15) is 0 Å². The standard InChI is InChI=1S/C16H11F3N4O4S/c17-16(18,19)15-10-14(11-6-8-12(9-7-11)23(24)25)22(20-15)21-28(26,27)13-4-2-1-3-5-13/h1-10,21H. The van der Waals surface area contributed by atoms with Gasteiger partial charge in [-0.2, -0.15) is 31.2 Å². The highest BCUT2D eigenvalue weighted by molar-refractivity contribution is 7.92. The Balaban J connectivity index is 2.07. The van der Waals surface area contributed by atoms with Crippen LogP contribution in [-0.4, -0.2) is 23.2 Å². The summed E-state index contributed by atoms with van der Waals surface area (Å²) >= 11 is 0. The molecule has 0 radical (unpaired) electrons. The Bertz CT molecular complexity index is 1110. The number of nitrogens with one attached hydrogen (secondary N) is 1. The highest BCUT2D eigenvalue weighted by Crippen LogP contribution is 2.32. The van der Waals surface area contributed by atoms with Gasteiger partial charge in [0.25, 0.3) is 15.7 Å². The van der Waals surface area contributed by atoms with Crippen molar-refractivity contribution in [3.8, 4) is 11.3 Å². The molecule has 0 fully saturated rings. The number of nitro groups is 1. The summed E-state index contributed by atoms with van der Waals surface area (Å²) in [6.45, 7) is 0. The maximum Gasteiger partial charge on any atom is 0.435 e. The second-order valence-corrected chi connectivity index (χ2v) is 7.20. The SMILES string of the molecule is O=[N+]([O-])c1ccc(-c2cc(C(F)(F)F)nn2NS(=O)(=O)c2ccccc2)cc1. The van der Waals surface area contributed by atoms with E-state index in [1.807, 2.05) is 4.83 Å². The molecule has 1 N–H and O–H groups in total. The molecule has 12 heteroatoms. The third-order valence-corrected chi connectivity index (χ3v) is 4.94. The molecule has 0 bridgehead atoms. The first-order valence-corrected chi connectivity index (χ1v) is 9.06. The predicted octanol–water partition coefficient (Wildman–Crippen LogP) is 3.41. The Hall–Kier alpha value is -3.41. The zero-order valence-electron chi connectivity index (χ0n) is 13.8. The summed E-state index contributed by atoms with van der Waals surface area (Å²) in [4.78, 5) is 12.4. The van der Waals surface area contributed by atoms with Crippen LogP contribution in [0.25, 0.3) is 11.3 Å². The Kier molecular flexibility index (Phi) is 4.81. The van der Waals surface area contributed by atoms with E-state index in [0.29, 0.717) is 10.9 Å². The Labute approximate surface area is 156 Å². The van der Waals surface area contributed by atoms with Crippen molar-refractivity contribution in [2.45, 2.75) is 11.1 Å². The number of aromatic nitrogens is 2. The van der Waals surface area contributed by atoms with Gasteiger partial charge in [0.2, 0.25) is 0 Å². The fraction of sp³-hybridized carbons (Fsp3) is 0.0625. The highest BCUT2D eigenvalue weighted by atomic mass is 32.2. The molecule has 0 aliphatic heterocycles. The quantitative estimate of drug-likeness (QED) is 0.511. The summed E-state index contributed by atoms with van der Waals surface area (Å²) in [5.74, 6) is 0. The van der Waals surface area contributed by atoms with E-state index < -0.39 is 26.8 Å². The molecular weight excluding hydrogens is 401 g/mol. The molecule has 0 atom stereocenters. The molecule has 0 unspecified atom stereocenters. The molecule has 1 aromatic heterocycles. The van der Waals surface area contributed by atoms with Gasteiger partial charge in [0, 0.05) is 17.7 Å². The summed E-state index contributed by atoms with van der Waals surface area (Å²) in [5.41, 5.74) is -1.72. The molecule has 0 saturated carbocycles. The molecule has 0 amide bonds. The molecule has 0 saturated heterocycles. The largest absolute Gasteiger partial charge is 0.435 e. The van der Waals surface area contributed by atoms with Crippen LogP contribution in [-0.2, 0) is 16.2 Å². The summed E-state index contributed by atoms with van der Waals surface area (Å²) < 4.78 is 64.1. The number of alkyl halides is 3. The van der Waals surface area contributed by atoms with E-state index in [1.165, 1.54) is 36.4 Å². The lowest BCUT2D eigenvalue weighted by atomic mass is 10.1. The first-order chi connectivity index (χ1) is 13.1. The molecule has 0 aliphatic rings. The maximum atomic E-state index is 13.1. The second kappa shape index (κ2) is 6.96. The van der Waals surface area contributed by atoms with Gasteiger partial charge in [-0.3, -0.25) is 10.1 Å². The van der Waals surface area contributed by atoms with Crippen molar-refractivity contribution >= 4 is 15.7 Å². The van der Waals surface area contributed by atoms with Crippen LogP contribution >= 0.6 is 0 Å². The van der Waals surface area contributed by atoms with Gasteiger partial charge in [-0.1, -0.05) is 18.2 Å². The zero-order chi connectivity index (χ0) is 20.5. The average molecular weight is 412 g/mol. The van der Waals surface area contributed by atoms with E-state index in [0.717, 1.165) is 12.1 Å². The Morgan fingerprint density at radius 1 is 1.04 bits per heavy atom. The highest BCUT2D eigenvalue weighted by Gasteiger charge is 2.35. The van der Waals surface area contributed by atoms with E-state index in [-0.39, 0.29) is 21.8 Å². The van der Waals surface area contributed by atoms with Gasteiger partial charge in [0.05, 0.1) is 15.5 Å². The molecule has 8 nitrogen and oxygen atoms in total. The fourth-order valence-corrected chi connectivity index (χ4v) is 3.30. The first kappa shape index (κ1) is 19.4. The summed E-state index contributed by atoms with van der Waals surface area (Å²) in [6, 6.07) is 12.2. The number of hydrogen-bond donors (Lipinski definition) is 1. The van der Waals surface area contributed by atoms with Gasteiger partial charge in [0.15, 0.2) is 5.69 Å². The van der Waals surface area contributed by atoms with Crippen LogP contribution < -0.4 is 4.83 Å². The number of sulfonamides is 1. The zero-order valence-corrected chi connectivity index (χ0v) is 14.6. The molecule has 0 spiro atoms. The van der Waals surface area contributed by atoms with Crippen molar-refractivity contribution in [2.24, 2.45) is 0 Å². The van der Waals surface area contributed by atoms with Crippen LogP contribution in [0.2, 0.25) is 0 Å². The Morgan fingerprint density at radius 2 is 1.64 bits per heavy atom. The van der Waals surface area contributed by atoms with Crippen molar-refractivity contribution in [3.63, 3.8) is 0 Å². The van der Waals surface area contributed by atoms with Gasteiger partial charge in [-0.25, -0.2) is 0 Å². The van der Waals surface area contributed by atoms with E-state index in [2.05, 4.69) is 5.10 Å². The van der Waals surface area contributed by atoms with Crippen LogP contribution in [0.4, 0.5) is 18.9 Å². The number of benzene rings is 2. The topological polar surface area (TPSA) is 107 Å². The molecule has 3 rings (SSSR count). The minimum absolute atomic E-state index is 0.101. The van der Waals surface area contributed by atoms with Crippen LogP contribution in [0.1, 0.15) is 5.69 Å². The van der Waals surface area contributed by atoms with Crippen LogP contribution in [0, 0.1) is 10.1 Å². The number of nitrogens with zero attached hydrogens (tertiary/aromatic N) is 3. The van der Waals surface area contributed by atoms with Crippen molar-refractivity contribution in [3.05, 3.63) is 76.5 Å². The molecule has 0 aliphatic carbocycles. The van der Waals surface area contributed by atoms with Gasteiger partial charge >= 0.3 is 6.18 Å². The van der Waals surface area contributed by atoms with Crippen LogP contribution in [0.3, 0.4) is 0 Å². The summed E-state index contributed by atoms with van der Waals surface area (Å²) in [5, 5.41) is 14.0. The lowest BCUT2D eigenvalue weighted by Gasteiger charge is -2.11. The number of hydrogen-bond acceptors (Lipinski definition) is 5. The molecule has 28 heavy (non-hydrogen) atoms. The molecule has 146 valence electrons. The lowest BCUT2D eigenvalue weighted by molar-refractivity contribution is -0.384. The van der Waals surface area contributed by atoms with Crippen molar-refractivity contribution < 1.29 is 26.5 Å². The molecule has 1 heterocycles. The number of non-ortho nitro benzene ring substituents is 1. The van der Waals surface area contributed by atoms with E-state index >= 15 is 0 Å². The average Bonchev–Trinajstić information content (AvgIpc) is 3.06. The van der Waals surface area contributed by atoms with E-state index in [4.69, 9.17) is 0 Å². The van der Waals surface area contributed by atoms with Gasteiger partial charge in [-0.15, -0.1) is 5.10 Å². The first-order valence-electron chi connectivity index (χ1n) is 7.58. The van der Waals surface area contributed by atoms with E-state index in [1.54, 1.807) is 6.07 Å².